The third kappa shape index (κ3) is 2.25. The Morgan fingerprint density at radius 3 is 2.94 bits per heavy atom. The molecule has 92 valence electrons. The Hall–Kier alpha value is -1.59. The SMILES string of the molecule is COC(=O)C(O)C(O)c1ccc2c(c1)CCN2. The van der Waals surface area contributed by atoms with Crippen LogP contribution in [0.1, 0.15) is 17.2 Å². The minimum Gasteiger partial charge on any atom is -0.467 e. The van der Waals surface area contributed by atoms with Crippen LogP contribution in [-0.4, -0.2) is 35.9 Å². The average molecular weight is 237 g/mol. The summed E-state index contributed by atoms with van der Waals surface area (Å²) in [5.74, 6) is -0.837. The number of hydrogen-bond donors (Lipinski definition) is 3. The molecule has 0 radical (unpaired) electrons. The van der Waals surface area contributed by atoms with E-state index in [1.54, 1.807) is 12.1 Å². The molecule has 3 N–H and O–H groups in total. The Balaban J connectivity index is 2.19. The molecule has 0 saturated carbocycles. The second-order valence-corrected chi connectivity index (χ2v) is 4.01. The molecule has 1 heterocycles. The van der Waals surface area contributed by atoms with Crippen molar-refractivity contribution < 1.29 is 19.7 Å². The minimum absolute atomic E-state index is 0.519. The zero-order chi connectivity index (χ0) is 12.4. The number of ether oxygens (including phenoxy) is 1. The number of anilines is 1. The van der Waals surface area contributed by atoms with E-state index < -0.39 is 18.2 Å². The smallest absolute Gasteiger partial charge is 0.337 e. The molecule has 0 spiro atoms. The standard InChI is InChI=1S/C12H15NO4/c1-17-12(16)11(15)10(14)8-2-3-9-7(6-8)4-5-13-9/h2-3,6,10-11,13-15H,4-5H2,1H3. The van der Waals surface area contributed by atoms with Crippen molar-refractivity contribution in [3.63, 3.8) is 0 Å². The average Bonchev–Trinajstić information content (AvgIpc) is 2.83. The lowest BCUT2D eigenvalue weighted by Crippen LogP contribution is -2.29. The van der Waals surface area contributed by atoms with Crippen molar-refractivity contribution in [1.29, 1.82) is 0 Å². The first kappa shape index (κ1) is 11.9. The summed E-state index contributed by atoms with van der Waals surface area (Å²) in [6.07, 6.45) is -1.93. The van der Waals surface area contributed by atoms with Crippen LogP contribution in [0.2, 0.25) is 0 Å². The predicted octanol–water partition coefficient (Wildman–Crippen LogP) is 0.222. The summed E-state index contributed by atoms with van der Waals surface area (Å²) in [5.41, 5.74) is 2.64. The van der Waals surface area contributed by atoms with Crippen molar-refractivity contribution in [1.82, 2.24) is 0 Å². The molecule has 5 nitrogen and oxygen atoms in total. The van der Waals surface area contributed by atoms with Crippen LogP contribution in [0.5, 0.6) is 0 Å². The Morgan fingerprint density at radius 1 is 1.47 bits per heavy atom. The largest absolute Gasteiger partial charge is 0.467 e. The summed E-state index contributed by atoms with van der Waals surface area (Å²) in [6, 6.07) is 5.32. The molecule has 0 saturated heterocycles. The monoisotopic (exact) mass is 237 g/mol. The Labute approximate surface area is 99.0 Å². The molecule has 2 rings (SSSR count). The first-order valence-electron chi connectivity index (χ1n) is 5.44. The lowest BCUT2D eigenvalue weighted by Gasteiger charge is -2.16. The van der Waals surface area contributed by atoms with Crippen LogP contribution in [-0.2, 0) is 16.0 Å². The summed E-state index contributed by atoms with van der Waals surface area (Å²) in [7, 11) is 1.17. The number of fused-ring (bicyclic) bond motifs is 1. The second-order valence-electron chi connectivity index (χ2n) is 4.01. The highest BCUT2D eigenvalue weighted by atomic mass is 16.5. The molecule has 0 fully saturated rings. The van der Waals surface area contributed by atoms with Gasteiger partial charge in [0.25, 0.3) is 0 Å². The van der Waals surface area contributed by atoms with E-state index in [1.807, 2.05) is 6.07 Å². The highest BCUT2D eigenvalue weighted by Gasteiger charge is 2.27. The zero-order valence-corrected chi connectivity index (χ0v) is 9.51. The van der Waals surface area contributed by atoms with Crippen molar-refractivity contribution in [2.24, 2.45) is 0 Å². The first-order valence-corrected chi connectivity index (χ1v) is 5.44. The van der Waals surface area contributed by atoms with Crippen LogP contribution in [0.15, 0.2) is 18.2 Å². The fourth-order valence-electron chi connectivity index (χ4n) is 1.94. The normalized spacial score (nSPS) is 16.9. The first-order chi connectivity index (χ1) is 8.13. The molecule has 2 atom stereocenters. The molecular weight excluding hydrogens is 222 g/mol. The summed E-state index contributed by atoms with van der Waals surface area (Å²) >= 11 is 0. The van der Waals surface area contributed by atoms with Gasteiger partial charge in [-0.3, -0.25) is 0 Å². The summed E-state index contributed by atoms with van der Waals surface area (Å²) in [5, 5.41) is 22.6. The van der Waals surface area contributed by atoms with E-state index in [1.165, 1.54) is 7.11 Å². The molecule has 1 aliphatic heterocycles. The highest BCUT2D eigenvalue weighted by molar-refractivity contribution is 5.75. The van der Waals surface area contributed by atoms with Crippen molar-refractivity contribution in [3.05, 3.63) is 29.3 Å². The Kier molecular flexibility index (Phi) is 3.31. The third-order valence-electron chi connectivity index (χ3n) is 2.92. The second kappa shape index (κ2) is 4.73. The van der Waals surface area contributed by atoms with Crippen molar-refractivity contribution >= 4 is 11.7 Å². The number of hydrogen-bond acceptors (Lipinski definition) is 5. The van der Waals surface area contributed by atoms with Gasteiger partial charge in [0.15, 0.2) is 6.10 Å². The topological polar surface area (TPSA) is 78.8 Å². The van der Waals surface area contributed by atoms with Gasteiger partial charge in [-0.05, 0) is 23.6 Å². The zero-order valence-electron chi connectivity index (χ0n) is 9.51. The van der Waals surface area contributed by atoms with E-state index in [2.05, 4.69) is 10.1 Å². The minimum atomic E-state index is -1.55. The van der Waals surface area contributed by atoms with E-state index in [4.69, 9.17) is 0 Å². The van der Waals surface area contributed by atoms with Gasteiger partial charge in [-0.1, -0.05) is 12.1 Å². The lowest BCUT2D eigenvalue weighted by atomic mass is 10.0. The summed E-state index contributed by atoms with van der Waals surface area (Å²) in [6.45, 7) is 0.869. The number of aliphatic hydroxyl groups excluding tert-OH is 2. The highest BCUT2D eigenvalue weighted by Crippen LogP contribution is 2.27. The lowest BCUT2D eigenvalue weighted by molar-refractivity contribution is -0.156. The molecule has 2 unspecified atom stereocenters. The van der Waals surface area contributed by atoms with Crippen LogP contribution in [0.3, 0.4) is 0 Å². The Morgan fingerprint density at radius 2 is 2.24 bits per heavy atom. The van der Waals surface area contributed by atoms with Crippen molar-refractivity contribution in [2.45, 2.75) is 18.6 Å². The van der Waals surface area contributed by atoms with Crippen molar-refractivity contribution in [2.75, 3.05) is 19.0 Å². The number of carbonyl (C=O) groups is 1. The number of methoxy groups -OCH3 is 1. The van der Waals surface area contributed by atoms with Gasteiger partial charge in [0.1, 0.15) is 6.10 Å². The van der Waals surface area contributed by atoms with Crippen LogP contribution in [0.25, 0.3) is 0 Å². The van der Waals surface area contributed by atoms with Gasteiger partial charge < -0.3 is 20.3 Å². The molecule has 17 heavy (non-hydrogen) atoms. The van der Waals surface area contributed by atoms with E-state index >= 15 is 0 Å². The molecule has 1 aliphatic rings. The fourth-order valence-corrected chi connectivity index (χ4v) is 1.94. The maximum absolute atomic E-state index is 11.1. The molecule has 0 aliphatic carbocycles. The molecule has 5 heteroatoms. The quantitative estimate of drug-likeness (QED) is 0.655. The maximum Gasteiger partial charge on any atom is 0.337 e. The molecular formula is C12H15NO4. The molecule has 0 aromatic heterocycles. The third-order valence-corrected chi connectivity index (χ3v) is 2.92. The number of rotatable bonds is 3. The van der Waals surface area contributed by atoms with Gasteiger partial charge in [-0.15, -0.1) is 0 Å². The van der Waals surface area contributed by atoms with E-state index in [-0.39, 0.29) is 0 Å². The van der Waals surface area contributed by atoms with E-state index in [0.29, 0.717) is 5.56 Å². The van der Waals surface area contributed by atoms with Gasteiger partial charge in [0.05, 0.1) is 7.11 Å². The van der Waals surface area contributed by atoms with Gasteiger partial charge in [-0.2, -0.15) is 0 Å². The number of benzene rings is 1. The number of nitrogens with one attached hydrogen (secondary N) is 1. The van der Waals surface area contributed by atoms with Gasteiger partial charge >= 0.3 is 5.97 Å². The fraction of sp³-hybridized carbons (Fsp3) is 0.417. The molecule has 0 amide bonds. The number of aliphatic hydroxyl groups is 2. The van der Waals surface area contributed by atoms with Crippen molar-refractivity contribution in [3.8, 4) is 0 Å². The van der Waals surface area contributed by atoms with Gasteiger partial charge in [0, 0.05) is 12.2 Å². The van der Waals surface area contributed by atoms with Crippen LogP contribution < -0.4 is 5.32 Å². The summed E-state index contributed by atoms with van der Waals surface area (Å²) in [4.78, 5) is 11.1. The predicted molar refractivity (Wildman–Crippen MR) is 61.6 cm³/mol. The van der Waals surface area contributed by atoms with E-state index in [9.17, 15) is 15.0 Å². The number of esters is 1. The van der Waals surface area contributed by atoms with Gasteiger partial charge in [-0.25, -0.2) is 4.79 Å². The van der Waals surface area contributed by atoms with Crippen LogP contribution in [0, 0.1) is 0 Å². The number of carbonyl (C=O) groups excluding carboxylic acids is 1. The van der Waals surface area contributed by atoms with Gasteiger partial charge in [0.2, 0.25) is 0 Å². The molecule has 1 aromatic carbocycles. The molecule has 1 aromatic rings. The maximum atomic E-state index is 11.1. The Bertz CT molecular complexity index is 433. The van der Waals surface area contributed by atoms with E-state index in [0.717, 1.165) is 24.2 Å². The van der Waals surface area contributed by atoms with Crippen LogP contribution >= 0.6 is 0 Å². The molecule has 0 bridgehead atoms. The summed E-state index contributed by atoms with van der Waals surface area (Å²) < 4.78 is 4.39. The van der Waals surface area contributed by atoms with Crippen LogP contribution in [0.4, 0.5) is 5.69 Å².